The quantitative estimate of drug-likeness (QED) is 0.167. The van der Waals surface area contributed by atoms with Gasteiger partial charge in [0.25, 0.3) is 0 Å². The second-order valence-electron chi connectivity index (χ2n) is 9.22. The predicted molar refractivity (Wildman–Crippen MR) is 149 cm³/mol. The summed E-state index contributed by atoms with van der Waals surface area (Å²) in [6.07, 6.45) is 3.05. The van der Waals surface area contributed by atoms with Gasteiger partial charge in [0.15, 0.2) is 0 Å². The van der Waals surface area contributed by atoms with Gasteiger partial charge in [-0.2, -0.15) is 0 Å². The molecule has 2 amide bonds. The van der Waals surface area contributed by atoms with E-state index in [1.807, 2.05) is 66.7 Å². The Morgan fingerprint density at radius 1 is 0.825 bits per heavy atom. The van der Waals surface area contributed by atoms with Crippen molar-refractivity contribution < 1.29 is 49.0 Å². The Morgan fingerprint density at radius 3 is 2.33 bits per heavy atom. The van der Waals surface area contributed by atoms with Crippen LogP contribution < -0.4 is 50.6 Å². The molecule has 4 aromatic rings. The van der Waals surface area contributed by atoms with Crippen molar-refractivity contribution in [3.8, 4) is 11.1 Å². The maximum atomic E-state index is 12.5. The van der Waals surface area contributed by atoms with E-state index in [-0.39, 0.29) is 54.9 Å². The third-order valence-corrected chi connectivity index (χ3v) is 6.37. The maximum absolute atomic E-state index is 12.5. The van der Waals surface area contributed by atoms with E-state index in [1.165, 1.54) is 0 Å². The van der Waals surface area contributed by atoms with Crippen molar-refractivity contribution in [2.45, 2.75) is 31.7 Å². The fourth-order valence-corrected chi connectivity index (χ4v) is 4.40. The Balaban J connectivity index is 0.00000441. The Labute approximate surface area is 255 Å². The molecule has 1 atom stereocenters. The molecular weight excluding hydrogens is 515 g/mol. The summed E-state index contributed by atoms with van der Waals surface area (Å²) in [5, 5.41) is 22.1. The number of rotatable bonds is 13. The number of anilines is 1. The molecule has 4 rings (SSSR count). The number of nitrogens with zero attached hydrogens (tertiary/aromatic N) is 1. The average Bonchev–Trinajstić information content (AvgIpc) is 2.96. The van der Waals surface area contributed by atoms with Gasteiger partial charge in [0.05, 0.1) is 12.6 Å². The predicted octanol–water partition coefficient (Wildman–Crippen LogP) is 0.602. The molecule has 0 aliphatic heterocycles. The first-order valence-corrected chi connectivity index (χ1v) is 13.0. The smallest absolute Gasteiger partial charge is 0.550 e. The molecule has 3 N–H and O–H groups in total. The van der Waals surface area contributed by atoms with E-state index in [4.69, 9.17) is 0 Å². The molecular formula is C31H31N4NaO4. The van der Waals surface area contributed by atoms with Crippen molar-refractivity contribution in [2.75, 3.05) is 18.4 Å². The minimum atomic E-state index is -1.28. The Bertz CT molecular complexity index is 1410. The van der Waals surface area contributed by atoms with Crippen molar-refractivity contribution >= 4 is 34.4 Å². The van der Waals surface area contributed by atoms with E-state index < -0.39 is 17.9 Å². The van der Waals surface area contributed by atoms with Crippen LogP contribution in [0.15, 0.2) is 91.1 Å². The number of carbonyl (C=O) groups excluding carboxylic acids is 3. The number of fused-ring (bicyclic) bond motifs is 1. The summed E-state index contributed by atoms with van der Waals surface area (Å²) in [4.78, 5) is 40.2. The summed E-state index contributed by atoms with van der Waals surface area (Å²) in [6.45, 7) is 0.456. The van der Waals surface area contributed by atoms with Crippen LogP contribution in [0.2, 0.25) is 0 Å². The van der Waals surface area contributed by atoms with Crippen LogP contribution >= 0.6 is 0 Å². The zero-order valence-electron chi connectivity index (χ0n) is 22.6. The molecule has 200 valence electrons. The number of benzene rings is 3. The van der Waals surface area contributed by atoms with Crippen molar-refractivity contribution in [3.05, 3.63) is 96.7 Å². The topological polar surface area (TPSA) is 123 Å². The Morgan fingerprint density at radius 2 is 1.57 bits per heavy atom. The summed E-state index contributed by atoms with van der Waals surface area (Å²) in [5.41, 5.74) is 2.69. The fraction of sp³-hybridized carbons (Fsp3) is 0.226. The molecule has 0 spiro atoms. The van der Waals surface area contributed by atoms with Crippen LogP contribution in [0.25, 0.3) is 21.9 Å². The van der Waals surface area contributed by atoms with Crippen LogP contribution in [0.5, 0.6) is 0 Å². The molecule has 1 heterocycles. The van der Waals surface area contributed by atoms with Gasteiger partial charge in [0, 0.05) is 31.6 Å². The van der Waals surface area contributed by atoms with Crippen LogP contribution in [0.1, 0.15) is 37.3 Å². The van der Waals surface area contributed by atoms with Crippen LogP contribution in [0, 0.1) is 0 Å². The molecule has 0 bridgehead atoms. The number of aromatic nitrogens is 1. The molecule has 0 aliphatic rings. The fourth-order valence-electron chi connectivity index (χ4n) is 4.40. The number of unbranched alkanes of at least 4 members (excludes halogenated alkanes) is 1. The third-order valence-electron chi connectivity index (χ3n) is 6.37. The van der Waals surface area contributed by atoms with Gasteiger partial charge in [0.1, 0.15) is 5.82 Å². The van der Waals surface area contributed by atoms with Crippen molar-refractivity contribution in [1.29, 1.82) is 0 Å². The molecule has 3 aromatic carbocycles. The number of aliphatic carboxylic acids is 1. The van der Waals surface area contributed by atoms with Gasteiger partial charge < -0.3 is 25.9 Å². The molecule has 0 aliphatic carbocycles. The van der Waals surface area contributed by atoms with Gasteiger partial charge in [-0.25, -0.2) is 4.98 Å². The van der Waals surface area contributed by atoms with Gasteiger partial charge >= 0.3 is 29.6 Å². The standard InChI is InChI=1S/C31H32N4O4.Na/c36-29(13-4-6-19-33-28-12-3-5-18-32-28)34-21-30(37)35-27(20-31(38)39)24-16-14-23(15-17-24)26-11-7-9-22-8-1-2-10-25(22)26;/h1-3,5,7-12,14-18,27H,4,6,13,19-21H2,(H,32,33)(H,34,36)(H,35,37)(H,38,39);/q;+1/p-1. The van der Waals surface area contributed by atoms with E-state index in [2.05, 4.69) is 39.1 Å². The molecule has 0 fully saturated rings. The average molecular weight is 547 g/mol. The summed E-state index contributed by atoms with van der Waals surface area (Å²) in [6, 6.07) is 26.5. The van der Waals surface area contributed by atoms with E-state index in [1.54, 1.807) is 6.20 Å². The van der Waals surface area contributed by atoms with Crippen LogP contribution in [-0.2, 0) is 14.4 Å². The van der Waals surface area contributed by atoms with Gasteiger partial charge in [-0.05, 0) is 52.4 Å². The van der Waals surface area contributed by atoms with E-state index in [0.717, 1.165) is 34.1 Å². The summed E-state index contributed by atoms with van der Waals surface area (Å²) >= 11 is 0. The van der Waals surface area contributed by atoms with Crippen LogP contribution in [0.3, 0.4) is 0 Å². The van der Waals surface area contributed by atoms with Crippen LogP contribution in [0.4, 0.5) is 5.82 Å². The molecule has 8 nitrogen and oxygen atoms in total. The summed E-state index contributed by atoms with van der Waals surface area (Å²) < 4.78 is 0. The zero-order valence-corrected chi connectivity index (χ0v) is 24.6. The van der Waals surface area contributed by atoms with E-state index in [0.29, 0.717) is 18.5 Å². The van der Waals surface area contributed by atoms with Crippen LogP contribution in [-0.4, -0.2) is 35.9 Å². The number of hydrogen-bond donors (Lipinski definition) is 3. The Kier molecular flexibility index (Phi) is 12.1. The molecule has 9 heteroatoms. The van der Waals surface area contributed by atoms with Gasteiger partial charge in [-0.15, -0.1) is 0 Å². The first-order valence-electron chi connectivity index (χ1n) is 13.0. The van der Waals surface area contributed by atoms with E-state index >= 15 is 0 Å². The molecule has 0 saturated carbocycles. The molecule has 1 aromatic heterocycles. The SMILES string of the molecule is O=C([O-])CC(NC(=O)CNC(=O)CCCCNc1ccccn1)c1ccc(-c2cccc3ccccc23)cc1.[Na+]. The number of amides is 2. The number of pyridine rings is 1. The first-order chi connectivity index (χ1) is 19.0. The maximum Gasteiger partial charge on any atom is 1.00 e. The van der Waals surface area contributed by atoms with Crippen molar-refractivity contribution in [2.24, 2.45) is 0 Å². The minimum absolute atomic E-state index is 0. The van der Waals surface area contributed by atoms with Crippen molar-refractivity contribution in [3.63, 3.8) is 0 Å². The third kappa shape index (κ3) is 9.19. The molecule has 1 unspecified atom stereocenters. The summed E-state index contributed by atoms with van der Waals surface area (Å²) in [5.74, 6) is -1.20. The minimum Gasteiger partial charge on any atom is -0.550 e. The second-order valence-corrected chi connectivity index (χ2v) is 9.22. The molecule has 40 heavy (non-hydrogen) atoms. The number of carboxylic acid groups (broad SMARTS) is 1. The first kappa shape index (κ1) is 30.8. The van der Waals surface area contributed by atoms with E-state index in [9.17, 15) is 19.5 Å². The van der Waals surface area contributed by atoms with Gasteiger partial charge in [-0.1, -0.05) is 72.8 Å². The number of carboxylic acids is 1. The molecule has 0 saturated heterocycles. The number of carbonyl (C=O) groups is 3. The van der Waals surface area contributed by atoms with Gasteiger partial charge in [-0.3, -0.25) is 9.59 Å². The van der Waals surface area contributed by atoms with Gasteiger partial charge in [0.2, 0.25) is 11.8 Å². The number of nitrogens with one attached hydrogen (secondary N) is 3. The van der Waals surface area contributed by atoms with Crippen molar-refractivity contribution in [1.82, 2.24) is 15.6 Å². The summed E-state index contributed by atoms with van der Waals surface area (Å²) in [7, 11) is 0. The number of hydrogen-bond acceptors (Lipinski definition) is 6. The normalized spacial score (nSPS) is 11.2. The largest absolute Gasteiger partial charge is 1.00 e. The second kappa shape index (κ2) is 15.8. The zero-order chi connectivity index (χ0) is 27.5. The molecule has 0 radical (unpaired) electrons. The Hall–Kier alpha value is -3.72. The monoisotopic (exact) mass is 546 g/mol.